The third-order valence-corrected chi connectivity index (χ3v) is 3.34. The van der Waals surface area contributed by atoms with Gasteiger partial charge in [-0.1, -0.05) is 0 Å². The number of nitrogens with one attached hydrogen (secondary N) is 1. The van der Waals surface area contributed by atoms with Gasteiger partial charge in [-0.2, -0.15) is 0 Å². The van der Waals surface area contributed by atoms with Crippen LogP contribution in [0.5, 0.6) is 0 Å². The number of aromatic nitrogens is 2. The molecule has 76 valence electrons. The zero-order valence-electron chi connectivity index (χ0n) is 8.66. The standard InChI is InChI=1S/C11H17N3/c1-8-10-3-2-4-11(13-9-5-6-9)14(10)7-12-8/h7,9,11,13H,2-6H2,1H3. The molecule has 1 aromatic heterocycles. The van der Waals surface area contributed by atoms with Crippen molar-refractivity contribution in [3.63, 3.8) is 0 Å². The Morgan fingerprint density at radius 3 is 3.07 bits per heavy atom. The maximum Gasteiger partial charge on any atom is 0.0964 e. The first-order valence-electron chi connectivity index (χ1n) is 5.63. The minimum Gasteiger partial charge on any atom is -0.318 e. The topological polar surface area (TPSA) is 29.9 Å². The molecule has 1 N–H and O–H groups in total. The van der Waals surface area contributed by atoms with E-state index >= 15 is 0 Å². The predicted molar refractivity (Wildman–Crippen MR) is 55.1 cm³/mol. The van der Waals surface area contributed by atoms with Gasteiger partial charge >= 0.3 is 0 Å². The predicted octanol–water partition coefficient (Wildman–Crippen LogP) is 1.78. The number of hydrogen-bond acceptors (Lipinski definition) is 2. The fourth-order valence-corrected chi connectivity index (χ4v) is 2.35. The summed E-state index contributed by atoms with van der Waals surface area (Å²) in [5, 5.41) is 3.69. The van der Waals surface area contributed by atoms with E-state index in [0.717, 1.165) is 6.04 Å². The van der Waals surface area contributed by atoms with Crippen molar-refractivity contribution in [3.8, 4) is 0 Å². The summed E-state index contributed by atoms with van der Waals surface area (Å²) in [7, 11) is 0. The highest BCUT2D eigenvalue weighted by atomic mass is 15.2. The average Bonchev–Trinajstić information content (AvgIpc) is 2.92. The van der Waals surface area contributed by atoms with Crippen LogP contribution in [0.1, 0.15) is 43.2 Å². The smallest absolute Gasteiger partial charge is 0.0964 e. The molecule has 1 saturated carbocycles. The van der Waals surface area contributed by atoms with E-state index < -0.39 is 0 Å². The molecule has 14 heavy (non-hydrogen) atoms. The summed E-state index contributed by atoms with van der Waals surface area (Å²) in [5.41, 5.74) is 2.65. The number of nitrogens with zero attached hydrogens (tertiary/aromatic N) is 2. The highest BCUT2D eigenvalue weighted by molar-refractivity contribution is 5.14. The Balaban J connectivity index is 1.86. The van der Waals surface area contributed by atoms with Crippen LogP contribution in [0.3, 0.4) is 0 Å². The molecule has 0 amide bonds. The van der Waals surface area contributed by atoms with Crippen molar-refractivity contribution in [2.45, 2.75) is 51.2 Å². The molecular formula is C11H17N3. The monoisotopic (exact) mass is 191 g/mol. The van der Waals surface area contributed by atoms with Gasteiger partial charge in [0.1, 0.15) is 0 Å². The molecular weight excluding hydrogens is 174 g/mol. The van der Waals surface area contributed by atoms with E-state index in [-0.39, 0.29) is 0 Å². The van der Waals surface area contributed by atoms with E-state index in [1.807, 2.05) is 6.33 Å². The van der Waals surface area contributed by atoms with Crippen molar-refractivity contribution >= 4 is 0 Å². The van der Waals surface area contributed by atoms with Crippen molar-refractivity contribution in [2.24, 2.45) is 0 Å². The van der Waals surface area contributed by atoms with Crippen LogP contribution in [0.4, 0.5) is 0 Å². The molecule has 1 atom stereocenters. The highest BCUT2D eigenvalue weighted by Crippen LogP contribution is 2.28. The molecule has 1 aromatic rings. The van der Waals surface area contributed by atoms with Gasteiger partial charge in [0.2, 0.25) is 0 Å². The van der Waals surface area contributed by atoms with Crippen LogP contribution in [0.2, 0.25) is 0 Å². The van der Waals surface area contributed by atoms with Gasteiger partial charge in [0.25, 0.3) is 0 Å². The molecule has 3 heteroatoms. The Labute approximate surface area is 84.5 Å². The lowest BCUT2D eigenvalue weighted by Gasteiger charge is -2.26. The molecule has 0 radical (unpaired) electrons. The molecule has 0 saturated heterocycles. The number of hydrogen-bond donors (Lipinski definition) is 1. The lowest BCUT2D eigenvalue weighted by atomic mass is 10.1. The quantitative estimate of drug-likeness (QED) is 0.772. The van der Waals surface area contributed by atoms with Crippen molar-refractivity contribution in [3.05, 3.63) is 17.7 Å². The van der Waals surface area contributed by atoms with Crippen LogP contribution < -0.4 is 5.32 Å². The summed E-state index contributed by atoms with van der Waals surface area (Å²) >= 11 is 0. The fourth-order valence-electron chi connectivity index (χ4n) is 2.35. The summed E-state index contributed by atoms with van der Waals surface area (Å²) in [6, 6.07) is 0.786. The Hall–Kier alpha value is -0.830. The lowest BCUT2D eigenvalue weighted by molar-refractivity contribution is 0.330. The van der Waals surface area contributed by atoms with Crippen LogP contribution in [0.15, 0.2) is 6.33 Å². The Morgan fingerprint density at radius 2 is 2.29 bits per heavy atom. The molecule has 2 aliphatic rings. The Morgan fingerprint density at radius 1 is 1.43 bits per heavy atom. The second-order valence-corrected chi connectivity index (χ2v) is 4.53. The summed E-state index contributed by atoms with van der Waals surface area (Å²) in [4.78, 5) is 4.40. The van der Waals surface area contributed by atoms with Crippen molar-refractivity contribution in [1.29, 1.82) is 0 Å². The summed E-state index contributed by atoms with van der Waals surface area (Å²) in [6.45, 7) is 2.12. The van der Waals surface area contributed by atoms with Gasteiger partial charge in [-0.05, 0) is 39.0 Å². The SMILES string of the molecule is Cc1ncn2c1CCCC2NC1CC1. The molecule has 1 aliphatic carbocycles. The molecule has 0 spiro atoms. The average molecular weight is 191 g/mol. The van der Waals surface area contributed by atoms with Crippen molar-refractivity contribution in [1.82, 2.24) is 14.9 Å². The molecule has 1 aliphatic heterocycles. The van der Waals surface area contributed by atoms with Crippen LogP contribution >= 0.6 is 0 Å². The lowest BCUT2D eigenvalue weighted by Crippen LogP contribution is -2.31. The number of fused-ring (bicyclic) bond motifs is 1. The first kappa shape index (κ1) is 8.48. The van der Waals surface area contributed by atoms with Crippen molar-refractivity contribution < 1.29 is 0 Å². The maximum atomic E-state index is 4.40. The Bertz CT molecular complexity index is 338. The molecule has 3 nitrogen and oxygen atoms in total. The van der Waals surface area contributed by atoms with Crippen molar-refractivity contribution in [2.75, 3.05) is 0 Å². The first-order chi connectivity index (χ1) is 6.84. The van der Waals surface area contributed by atoms with Crippen LogP contribution in [-0.4, -0.2) is 15.6 Å². The maximum absolute atomic E-state index is 4.40. The van der Waals surface area contributed by atoms with Crippen LogP contribution in [-0.2, 0) is 6.42 Å². The summed E-state index contributed by atoms with van der Waals surface area (Å²) in [6.07, 6.45) is 9.01. The number of rotatable bonds is 2. The van der Waals surface area contributed by atoms with Gasteiger partial charge in [0.05, 0.1) is 18.2 Å². The third kappa shape index (κ3) is 1.36. The fraction of sp³-hybridized carbons (Fsp3) is 0.727. The second-order valence-electron chi connectivity index (χ2n) is 4.53. The number of aryl methyl sites for hydroxylation is 1. The normalized spacial score (nSPS) is 26.2. The molecule has 2 heterocycles. The van der Waals surface area contributed by atoms with E-state index in [9.17, 15) is 0 Å². The molecule has 1 fully saturated rings. The largest absolute Gasteiger partial charge is 0.318 e. The zero-order chi connectivity index (χ0) is 9.54. The van der Waals surface area contributed by atoms with Gasteiger partial charge in [-0.3, -0.25) is 5.32 Å². The van der Waals surface area contributed by atoms with Gasteiger partial charge in [0.15, 0.2) is 0 Å². The highest BCUT2D eigenvalue weighted by Gasteiger charge is 2.28. The second kappa shape index (κ2) is 3.09. The van der Waals surface area contributed by atoms with E-state index in [1.54, 1.807) is 0 Å². The van der Waals surface area contributed by atoms with Gasteiger partial charge in [0, 0.05) is 11.7 Å². The first-order valence-corrected chi connectivity index (χ1v) is 5.63. The molecule has 1 unspecified atom stereocenters. The van der Waals surface area contributed by atoms with Gasteiger partial charge in [-0.15, -0.1) is 0 Å². The minimum absolute atomic E-state index is 0.521. The van der Waals surface area contributed by atoms with E-state index in [4.69, 9.17) is 0 Å². The summed E-state index contributed by atoms with van der Waals surface area (Å²) in [5.74, 6) is 0. The third-order valence-electron chi connectivity index (χ3n) is 3.34. The Kier molecular flexibility index (Phi) is 1.87. The zero-order valence-corrected chi connectivity index (χ0v) is 8.66. The van der Waals surface area contributed by atoms with E-state index in [1.165, 1.54) is 43.5 Å². The van der Waals surface area contributed by atoms with Gasteiger partial charge in [-0.25, -0.2) is 4.98 Å². The summed E-state index contributed by atoms with van der Waals surface area (Å²) < 4.78 is 2.34. The van der Waals surface area contributed by atoms with Crippen LogP contribution in [0.25, 0.3) is 0 Å². The van der Waals surface area contributed by atoms with E-state index in [0.29, 0.717) is 6.17 Å². The molecule has 0 aromatic carbocycles. The minimum atomic E-state index is 0.521. The molecule has 3 rings (SSSR count). The van der Waals surface area contributed by atoms with Crippen LogP contribution in [0, 0.1) is 6.92 Å². The van der Waals surface area contributed by atoms with E-state index in [2.05, 4.69) is 21.8 Å². The van der Waals surface area contributed by atoms with Gasteiger partial charge < -0.3 is 4.57 Å². The number of imidazole rings is 1. The molecule has 0 bridgehead atoms.